The number of aryl methyl sites for hydroxylation is 1. The van der Waals surface area contributed by atoms with Gasteiger partial charge in [0.1, 0.15) is 28.7 Å². The highest BCUT2D eigenvalue weighted by Gasteiger charge is 2.35. The van der Waals surface area contributed by atoms with Crippen molar-refractivity contribution in [2.75, 3.05) is 13.2 Å². The Bertz CT molecular complexity index is 1240. The second kappa shape index (κ2) is 11.9. The molecule has 1 aliphatic heterocycles. The van der Waals surface area contributed by atoms with Crippen molar-refractivity contribution in [3.63, 3.8) is 0 Å². The van der Waals surface area contributed by atoms with Gasteiger partial charge in [0.2, 0.25) is 5.91 Å². The molecule has 4 rings (SSSR count). The van der Waals surface area contributed by atoms with E-state index in [0.717, 1.165) is 40.7 Å². The van der Waals surface area contributed by atoms with E-state index in [1.54, 1.807) is 45.0 Å². The Morgan fingerprint density at radius 2 is 1.89 bits per heavy atom. The summed E-state index contributed by atoms with van der Waals surface area (Å²) in [6.45, 7) is 6.03. The summed E-state index contributed by atoms with van der Waals surface area (Å²) in [7, 11) is 0. The van der Waals surface area contributed by atoms with E-state index in [1.165, 1.54) is 0 Å². The van der Waals surface area contributed by atoms with Crippen LogP contribution in [-0.2, 0) is 28.8 Å². The van der Waals surface area contributed by atoms with Gasteiger partial charge in [-0.15, -0.1) is 0 Å². The zero-order valence-electron chi connectivity index (χ0n) is 22.4. The molecule has 2 amide bonds. The molecule has 3 aromatic rings. The number of phenolic OH excluding ortho intramolecular Hbond substituents is 1. The predicted octanol–water partition coefficient (Wildman–Crippen LogP) is 4.73. The van der Waals surface area contributed by atoms with Crippen molar-refractivity contribution in [3.8, 4) is 5.75 Å². The third-order valence-electron chi connectivity index (χ3n) is 6.81. The van der Waals surface area contributed by atoms with E-state index in [-0.39, 0.29) is 30.7 Å². The maximum atomic E-state index is 13.9. The summed E-state index contributed by atoms with van der Waals surface area (Å²) in [6, 6.07) is 13.7. The number of aliphatic hydroxyl groups excluding tert-OH is 1. The van der Waals surface area contributed by atoms with E-state index in [2.05, 4.69) is 5.32 Å². The molecule has 8 nitrogen and oxygen atoms in total. The molecule has 1 aliphatic rings. The van der Waals surface area contributed by atoms with Crippen molar-refractivity contribution < 1.29 is 29.0 Å². The monoisotopic (exact) mass is 522 g/mol. The molecule has 0 bridgehead atoms. The van der Waals surface area contributed by atoms with Gasteiger partial charge in [-0.25, -0.2) is 4.79 Å². The summed E-state index contributed by atoms with van der Waals surface area (Å²) in [5.74, 6) is 0.837. The number of ether oxygens (including phenoxy) is 1. The first kappa shape index (κ1) is 27.5. The Labute approximate surface area is 223 Å². The number of para-hydroxylation sites is 1. The Balaban J connectivity index is 1.57. The van der Waals surface area contributed by atoms with E-state index < -0.39 is 17.7 Å². The molecule has 2 aromatic carbocycles. The number of carbonyl (C=O) groups is 2. The number of fused-ring (bicyclic) bond motifs is 1. The number of hydrogen-bond acceptors (Lipinski definition) is 6. The molecule has 0 aliphatic carbocycles. The molecule has 2 atom stereocenters. The number of benzene rings is 2. The third kappa shape index (κ3) is 6.86. The van der Waals surface area contributed by atoms with Gasteiger partial charge in [-0.1, -0.05) is 30.3 Å². The summed E-state index contributed by atoms with van der Waals surface area (Å²) in [5, 5.41) is 22.9. The number of phenols is 1. The Hall–Kier alpha value is -3.52. The highest BCUT2D eigenvalue weighted by atomic mass is 16.6. The number of aliphatic hydroxyl groups is 1. The van der Waals surface area contributed by atoms with Gasteiger partial charge in [0, 0.05) is 43.0 Å². The maximum absolute atomic E-state index is 13.9. The fourth-order valence-corrected chi connectivity index (χ4v) is 5.11. The minimum absolute atomic E-state index is 0.0425. The molecular weight excluding hydrogens is 484 g/mol. The van der Waals surface area contributed by atoms with Crippen LogP contribution in [0.15, 0.2) is 52.9 Å². The fraction of sp³-hybridized carbons (Fsp3) is 0.467. The van der Waals surface area contributed by atoms with E-state index in [1.807, 2.05) is 29.2 Å². The summed E-state index contributed by atoms with van der Waals surface area (Å²) in [4.78, 5) is 28.5. The molecule has 2 heterocycles. The largest absolute Gasteiger partial charge is 0.508 e. The van der Waals surface area contributed by atoms with Crippen LogP contribution in [0.2, 0.25) is 0 Å². The first-order valence-electron chi connectivity index (χ1n) is 13.3. The summed E-state index contributed by atoms with van der Waals surface area (Å²) < 4.78 is 11.6. The minimum Gasteiger partial charge on any atom is -0.508 e. The number of rotatable bonds is 9. The number of carbonyl (C=O) groups excluding carboxylic acids is 2. The number of nitrogens with one attached hydrogen (secondary N) is 1. The lowest BCUT2D eigenvalue weighted by Gasteiger charge is -2.30. The van der Waals surface area contributed by atoms with Crippen LogP contribution in [0.5, 0.6) is 5.75 Å². The number of hydrogen-bond donors (Lipinski definition) is 3. The van der Waals surface area contributed by atoms with Gasteiger partial charge in [0.15, 0.2) is 0 Å². The number of nitrogens with zero attached hydrogens (tertiary/aromatic N) is 1. The average Bonchev–Trinajstić information content (AvgIpc) is 3.47. The van der Waals surface area contributed by atoms with Crippen molar-refractivity contribution in [2.45, 2.75) is 77.0 Å². The number of aromatic hydroxyl groups is 1. The van der Waals surface area contributed by atoms with Gasteiger partial charge in [-0.05, 0) is 70.2 Å². The summed E-state index contributed by atoms with van der Waals surface area (Å²) in [6.07, 6.45) is 3.23. The second-order valence-electron chi connectivity index (χ2n) is 10.9. The van der Waals surface area contributed by atoms with Gasteiger partial charge >= 0.3 is 6.09 Å². The van der Waals surface area contributed by atoms with E-state index in [0.29, 0.717) is 25.8 Å². The molecule has 1 saturated heterocycles. The van der Waals surface area contributed by atoms with Gasteiger partial charge < -0.3 is 29.6 Å². The van der Waals surface area contributed by atoms with E-state index in [9.17, 15) is 19.8 Å². The molecule has 8 heteroatoms. The van der Waals surface area contributed by atoms with Crippen LogP contribution in [0.1, 0.15) is 56.9 Å². The van der Waals surface area contributed by atoms with Gasteiger partial charge in [-0.2, -0.15) is 0 Å². The van der Waals surface area contributed by atoms with Crippen LogP contribution in [0, 0.1) is 0 Å². The Morgan fingerprint density at radius 1 is 1.16 bits per heavy atom. The van der Waals surface area contributed by atoms with E-state index in [4.69, 9.17) is 9.15 Å². The first-order chi connectivity index (χ1) is 18.1. The maximum Gasteiger partial charge on any atom is 0.408 e. The van der Waals surface area contributed by atoms with Gasteiger partial charge in [0.25, 0.3) is 0 Å². The second-order valence-corrected chi connectivity index (χ2v) is 10.9. The lowest BCUT2D eigenvalue weighted by atomic mass is 9.98. The predicted molar refractivity (Wildman–Crippen MR) is 145 cm³/mol. The van der Waals surface area contributed by atoms with Crippen molar-refractivity contribution in [1.82, 2.24) is 10.2 Å². The summed E-state index contributed by atoms with van der Waals surface area (Å²) >= 11 is 0. The number of furan rings is 1. The number of likely N-dealkylation sites (tertiary alicyclic amines) is 1. The molecule has 0 unspecified atom stereocenters. The first-order valence-corrected chi connectivity index (χ1v) is 13.3. The smallest absolute Gasteiger partial charge is 0.408 e. The molecule has 0 saturated carbocycles. The average molecular weight is 523 g/mol. The molecule has 3 N–H and O–H groups in total. The highest BCUT2D eigenvalue weighted by molar-refractivity contribution is 5.87. The van der Waals surface area contributed by atoms with E-state index >= 15 is 0 Å². The molecule has 1 fully saturated rings. The van der Waals surface area contributed by atoms with Crippen molar-refractivity contribution in [3.05, 3.63) is 65.4 Å². The van der Waals surface area contributed by atoms with Crippen LogP contribution < -0.4 is 5.32 Å². The molecule has 38 heavy (non-hydrogen) atoms. The standard InChI is InChI=1S/C30H38N2O6/c1-30(2,3)38-29(36)31-25(18-20-12-14-22(34)15-13-20)28(35)32-16-6-8-21(32)19-24-23-9-4-5-10-26(23)37-27(24)11-7-17-33/h4-5,9-10,12-15,21,25,33-34H,6-8,11,16-19H2,1-3H3,(H,31,36)/t21-,25-/m0/s1. The Kier molecular flexibility index (Phi) is 8.62. The topological polar surface area (TPSA) is 112 Å². The Morgan fingerprint density at radius 3 is 2.61 bits per heavy atom. The SMILES string of the molecule is CC(C)(C)OC(=O)N[C@@H](Cc1ccc(O)cc1)C(=O)N1CCC[C@H]1Cc1c(CCCO)oc2ccccc12. The van der Waals surface area contributed by atoms with Crippen LogP contribution in [0.25, 0.3) is 11.0 Å². The number of alkyl carbamates (subject to hydrolysis) is 1. The normalized spacial score (nSPS) is 16.5. The zero-order valence-corrected chi connectivity index (χ0v) is 22.4. The third-order valence-corrected chi connectivity index (χ3v) is 6.81. The van der Waals surface area contributed by atoms with Gasteiger partial charge in [-0.3, -0.25) is 4.79 Å². The molecule has 204 valence electrons. The lowest BCUT2D eigenvalue weighted by Crippen LogP contribution is -2.52. The van der Waals surface area contributed by atoms with Crippen LogP contribution in [0.4, 0.5) is 4.79 Å². The number of amides is 2. The molecule has 1 aromatic heterocycles. The molecule has 0 spiro atoms. The van der Waals surface area contributed by atoms with Crippen LogP contribution in [-0.4, -0.2) is 57.9 Å². The summed E-state index contributed by atoms with van der Waals surface area (Å²) in [5.41, 5.74) is 2.01. The van der Waals surface area contributed by atoms with Crippen molar-refractivity contribution >= 4 is 23.0 Å². The van der Waals surface area contributed by atoms with Gasteiger partial charge in [0.05, 0.1) is 0 Å². The van der Waals surface area contributed by atoms with Crippen molar-refractivity contribution in [2.24, 2.45) is 0 Å². The van der Waals surface area contributed by atoms with Crippen molar-refractivity contribution in [1.29, 1.82) is 0 Å². The quantitative estimate of drug-likeness (QED) is 0.375. The van der Waals surface area contributed by atoms with Crippen LogP contribution in [0.3, 0.4) is 0 Å². The van der Waals surface area contributed by atoms with Crippen LogP contribution >= 0.6 is 0 Å². The lowest BCUT2D eigenvalue weighted by molar-refractivity contribution is -0.134. The molecule has 0 radical (unpaired) electrons. The zero-order chi connectivity index (χ0) is 27.3. The molecular formula is C30H38N2O6. The highest BCUT2D eigenvalue weighted by Crippen LogP contribution is 2.32. The minimum atomic E-state index is -0.815. The fourth-order valence-electron chi connectivity index (χ4n) is 5.11.